The number of nitrogens with zero attached hydrogens (tertiary/aromatic N) is 2. The molecule has 0 spiro atoms. The molecule has 0 saturated carbocycles. The topological polar surface area (TPSA) is 145 Å². The number of guanidine groups is 1. The number of rotatable bonds is 5. The highest BCUT2D eigenvalue weighted by molar-refractivity contribution is 7.92. The Morgan fingerprint density at radius 2 is 1.81 bits per heavy atom. The van der Waals surface area contributed by atoms with Crippen molar-refractivity contribution < 1.29 is 32.3 Å². The van der Waals surface area contributed by atoms with E-state index in [-0.39, 0.29) is 40.4 Å². The molecule has 0 bridgehead atoms. The van der Waals surface area contributed by atoms with Crippen molar-refractivity contribution >= 4 is 51.7 Å². The lowest BCUT2D eigenvalue weighted by atomic mass is 9.91. The number of allylic oxidation sites excluding steroid dienone is 1. The predicted molar refractivity (Wildman–Crippen MR) is 145 cm³/mol. The van der Waals surface area contributed by atoms with Crippen molar-refractivity contribution in [3.8, 4) is 0 Å². The van der Waals surface area contributed by atoms with Gasteiger partial charge in [-0.25, -0.2) is 13.2 Å². The van der Waals surface area contributed by atoms with Crippen molar-refractivity contribution in [3.05, 3.63) is 72.1 Å². The van der Waals surface area contributed by atoms with Crippen LogP contribution in [0.25, 0.3) is 5.57 Å². The summed E-state index contributed by atoms with van der Waals surface area (Å²) in [6.07, 6.45) is 4.21. The van der Waals surface area contributed by atoms with E-state index in [1.54, 1.807) is 30.5 Å². The highest BCUT2D eigenvalue weighted by Gasteiger charge is 2.48. The lowest BCUT2D eigenvalue weighted by molar-refractivity contribution is -0.706. The van der Waals surface area contributed by atoms with Crippen LogP contribution in [0.3, 0.4) is 0 Å². The molecule has 2 unspecified atom stereocenters. The van der Waals surface area contributed by atoms with Crippen molar-refractivity contribution in [2.75, 3.05) is 22.8 Å². The van der Waals surface area contributed by atoms with Crippen LogP contribution in [0.1, 0.15) is 32.8 Å². The number of quaternary nitrogens is 1. The molecule has 4 N–H and O–H groups in total. The normalized spacial score (nSPS) is 23.8. The Kier molecular flexibility index (Phi) is 6.71. The number of hydrogen-bond acceptors (Lipinski definition) is 6. The minimum atomic E-state index is -4.42. The summed E-state index contributed by atoms with van der Waals surface area (Å²) in [6.45, 7) is 6.26. The van der Waals surface area contributed by atoms with Crippen molar-refractivity contribution in [3.63, 3.8) is 0 Å². The third-order valence-corrected chi connectivity index (χ3v) is 8.11. The van der Waals surface area contributed by atoms with Crippen LogP contribution in [0.15, 0.2) is 71.3 Å². The molecule has 12 heteroatoms. The molecule has 0 fully saturated rings. The van der Waals surface area contributed by atoms with Gasteiger partial charge in [-0.05, 0) is 29.2 Å². The van der Waals surface area contributed by atoms with Gasteiger partial charge in [0.2, 0.25) is 10.0 Å². The van der Waals surface area contributed by atoms with Gasteiger partial charge in [0.05, 0.1) is 35.4 Å². The molecule has 4 rings (SSSR count). The highest BCUT2D eigenvalue weighted by atomic mass is 32.2. The molecule has 0 aliphatic carbocycles. The second-order valence-electron chi connectivity index (χ2n) is 10.4. The quantitative estimate of drug-likeness (QED) is 0.329. The third-order valence-electron chi connectivity index (χ3n) is 6.05. The van der Waals surface area contributed by atoms with Crippen LogP contribution in [-0.4, -0.2) is 47.6 Å². The van der Waals surface area contributed by atoms with Gasteiger partial charge in [-0.3, -0.25) is 14.6 Å². The van der Waals surface area contributed by atoms with E-state index in [1.165, 1.54) is 18.2 Å². The first-order chi connectivity index (χ1) is 17.1. The molecular formula is C25H30N4O6PS+. The van der Waals surface area contributed by atoms with E-state index in [2.05, 4.69) is 14.8 Å². The van der Waals surface area contributed by atoms with Gasteiger partial charge in [-0.15, -0.1) is 4.76 Å². The predicted octanol–water partition coefficient (Wildman–Crippen LogP) is 3.93. The van der Waals surface area contributed by atoms with Crippen LogP contribution in [0, 0.1) is 5.41 Å². The lowest BCUT2D eigenvalue weighted by Gasteiger charge is -2.37. The molecule has 2 aliphatic rings. The molecule has 2 heterocycles. The summed E-state index contributed by atoms with van der Waals surface area (Å²) in [5, 5.41) is 13.6. The van der Waals surface area contributed by atoms with Gasteiger partial charge in [0.15, 0.2) is 0 Å². The Labute approximate surface area is 216 Å². The first kappa shape index (κ1) is 26.8. The summed E-state index contributed by atoms with van der Waals surface area (Å²) in [5.41, 5.74) is 1.22. The Balaban J connectivity index is 1.87. The molecule has 2 aliphatic heterocycles. The Hall–Kier alpha value is -3.24. The maximum Gasteiger partial charge on any atom is 0.354 e. The first-order valence-corrected chi connectivity index (χ1v) is 15.0. The van der Waals surface area contributed by atoms with Gasteiger partial charge in [-0.1, -0.05) is 51.1 Å². The fourth-order valence-electron chi connectivity index (χ4n) is 4.12. The van der Waals surface area contributed by atoms with E-state index in [9.17, 15) is 27.8 Å². The number of sulfonamides is 1. The summed E-state index contributed by atoms with van der Waals surface area (Å²) in [5.74, 6) is -0.790. The number of amides is 1. The van der Waals surface area contributed by atoms with Gasteiger partial charge in [-0.2, -0.15) is 4.48 Å². The molecule has 0 saturated heterocycles. The van der Waals surface area contributed by atoms with Crippen LogP contribution >= 0.6 is 7.52 Å². The molecule has 0 radical (unpaired) electrons. The maximum atomic E-state index is 13.6. The number of anilines is 2. The fraction of sp³-hybridized carbons (Fsp3) is 0.280. The number of hydrogen-bond donors (Lipinski definition) is 4. The molecule has 0 aromatic heterocycles. The number of fused-ring (bicyclic) bond motifs is 1. The molecule has 196 valence electrons. The third kappa shape index (κ3) is 5.70. The highest BCUT2D eigenvalue weighted by Crippen LogP contribution is 2.48. The first-order valence-electron chi connectivity index (χ1n) is 11.5. The van der Waals surface area contributed by atoms with E-state index in [0.29, 0.717) is 17.6 Å². The summed E-state index contributed by atoms with van der Waals surface area (Å²) in [4.78, 5) is 24.5. The lowest BCUT2D eigenvalue weighted by Crippen LogP contribution is -2.58. The second kappa shape index (κ2) is 9.25. The molecule has 2 atom stereocenters. The van der Waals surface area contributed by atoms with E-state index in [0.717, 1.165) is 12.3 Å². The van der Waals surface area contributed by atoms with Gasteiger partial charge < -0.3 is 10.00 Å². The Morgan fingerprint density at radius 3 is 2.43 bits per heavy atom. The number of carbonyl (C=O) groups is 1. The van der Waals surface area contributed by atoms with E-state index < -0.39 is 27.9 Å². The average Bonchev–Trinajstić information content (AvgIpc) is 2.78. The molecule has 1 amide bonds. The largest absolute Gasteiger partial charge is 0.507 e. The summed E-state index contributed by atoms with van der Waals surface area (Å²) in [6, 6.07) is 13.2. The van der Waals surface area contributed by atoms with Crippen LogP contribution in [0.5, 0.6) is 0 Å². The average molecular weight is 546 g/mol. The van der Waals surface area contributed by atoms with Crippen molar-refractivity contribution in [2.24, 2.45) is 10.2 Å². The molecule has 2 aromatic rings. The van der Waals surface area contributed by atoms with Gasteiger partial charge >= 0.3 is 19.4 Å². The molecule has 37 heavy (non-hydrogen) atoms. The number of aliphatic hydroxyl groups is 1. The Bertz CT molecular complexity index is 1510. The zero-order chi connectivity index (χ0) is 27.2. The number of carbonyl (C=O) groups excluding carboxylic acids is 1. The van der Waals surface area contributed by atoms with Gasteiger partial charge in [0.1, 0.15) is 12.0 Å². The van der Waals surface area contributed by atoms with E-state index in [4.69, 9.17) is 0 Å². The minimum absolute atomic E-state index is 0.0615. The smallest absolute Gasteiger partial charge is 0.354 e. The minimum Gasteiger partial charge on any atom is -0.507 e. The van der Waals surface area contributed by atoms with E-state index in [1.807, 2.05) is 26.8 Å². The molecule has 2 aromatic carbocycles. The Morgan fingerprint density at radius 1 is 1.14 bits per heavy atom. The number of benzene rings is 2. The van der Waals surface area contributed by atoms with Gasteiger partial charge in [0.25, 0.3) is 0 Å². The summed E-state index contributed by atoms with van der Waals surface area (Å²) in [7, 11) is -8.03. The van der Waals surface area contributed by atoms with Crippen molar-refractivity contribution in [1.82, 2.24) is 0 Å². The SMILES string of the molecule is CC(C)(C)CC[N+]1(C2=NP(=O)(O)c3cc(NS(C)(=O)=O)ccc3N2)C=C(c2ccccc2)C(O)=CC1=O. The number of nitrogens with one attached hydrogen (secondary N) is 2. The maximum absolute atomic E-state index is 13.6. The van der Waals surface area contributed by atoms with Crippen molar-refractivity contribution in [1.29, 1.82) is 0 Å². The molecule has 10 nitrogen and oxygen atoms in total. The number of aliphatic hydroxyl groups excluding tert-OH is 1. The van der Waals surface area contributed by atoms with Crippen LogP contribution in [0.2, 0.25) is 0 Å². The van der Waals surface area contributed by atoms with Crippen LogP contribution in [-0.2, 0) is 19.4 Å². The van der Waals surface area contributed by atoms with Crippen molar-refractivity contribution in [2.45, 2.75) is 27.2 Å². The van der Waals surface area contributed by atoms with Crippen LogP contribution < -0.4 is 15.3 Å². The van der Waals surface area contributed by atoms with Gasteiger partial charge in [0, 0.05) is 12.1 Å². The summed E-state index contributed by atoms with van der Waals surface area (Å²) < 4.78 is 42.6. The fourth-order valence-corrected chi connectivity index (χ4v) is 6.00. The van der Waals surface area contributed by atoms with E-state index >= 15 is 0 Å². The monoisotopic (exact) mass is 545 g/mol. The summed E-state index contributed by atoms with van der Waals surface area (Å²) >= 11 is 0. The molecular weight excluding hydrogens is 515 g/mol. The standard InChI is InChI=1S/C25H29N4O6PS/c1-25(2,3)12-13-29(16-19(21(30)15-23(29)31)17-8-6-5-7-9-17)24-26-20-11-10-18(28-37(4,34)35)14-22(20)36(32,33)27-24/h5-11,14-16,28H,12-13H2,1-4H3,(H2-,26,27,30,31,32,33)/p+1. The van der Waals surface area contributed by atoms with Crippen LogP contribution in [0.4, 0.5) is 11.4 Å². The zero-order valence-electron chi connectivity index (χ0n) is 21.0. The second-order valence-corrected chi connectivity index (χ2v) is 13.9. The zero-order valence-corrected chi connectivity index (χ0v) is 22.7.